The number of hydrogen-bond acceptors (Lipinski definition) is 4. The Balaban J connectivity index is 1.75. The van der Waals surface area contributed by atoms with E-state index in [4.69, 9.17) is 4.74 Å². The highest BCUT2D eigenvalue weighted by Crippen LogP contribution is 2.18. The molecule has 0 unspecified atom stereocenters. The van der Waals surface area contributed by atoms with Gasteiger partial charge in [0.25, 0.3) is 0 Å². The number of nitrogens with zero attached hydrogens (tertiary/aromatic N) is 1. The number of aliphatic hydroxyl groups excluding tert-OH is 1. The monoisotopic (exact) mass is 306 g/mol. The number of β-amino-alcohol motifs (C(OH)–C–C–N with tert-alkyl or cyclic N) is 1. The van der Waals surface area contributed by atoms with Crippen molar-refractivity contribution < 1.29 is 14.6 Å². The predicted molar refractivity (Wildman–Crippen MR) is 87.1 cm³/mol. The molecule has 1 aromatic carbocycles. The molecule has 22 heavy (non-hydrogen) atoms. The Labute approximate surface area is 132 Å². The lowest BCUT2D eigenvalue weighted by atomic mass is 10.0. The summed E-state index contributed by atoms with van der Waals surface area (Å²) in [4.78, 5) is 13.3. The SMILES string of the molecule is CC(=O)Nc1ccc(OC[C@H](O)CN2CCCC[C@@H]2C)cc1. The van der Waals surface area contributed by atoms with Gasteiger partial charge in [0, 0.05) is 25.2 Å². The molecule has 0 aliphatic carbocycles. The molecule has 2 atom stereocenters. The van der Waals surface area contributed by atoms with Crippen LogP contribution in [-0.2, 0) is 4.79 Å². The van der Waals surface area contributed by atoms with Gasteiger partial charge in [-0.2, -0.15) is 0 Å². The van der Waals surface area contributed by atoms with Gasteiger partial charge in [-0.15, -0.1) is 0 Å². The number of rotatable bonds is 6. The number of anilines is 1. The van der Waals surface area contributed by atoms with Crippen LogP contribution in [0.1, 0.15) is 33.1 Å². The zero-order valence-electron chi connectivity index (χ0n) is 13.4. The van der Waals surface area contributed by atoms with Crippen molar-refractivity contribution in [3.63, 3.8) is 0 Å². The lowest BCUT2D eigenvalue weighted by Gasteiger charge is -2.34. The topological polar surface area (TPSA) is 61.8 Å². The Morgan fingerprint density at radius 3 is 2.77 bits per heavy atom. The summed E-state index contributed by atoms with van der Waals surface area (Å²) in [5.74, 6) is 0.597. The van der Waals surface area contributed by atoms with Crippen LogP contribution in [0.4, 0.5) is 5.69 Å². The van der Waals surface area contributed by atoms with Gasteiger partial charge in [-0.1, -0.05) is 6.42 Å². The Morgan fingerprint density at radius 1 is 1.41 bits per heavy atom. The fourth-order valence-electron chi connectivity index (χ4n) is 2.78. The number of nitrogens with one attached hydrogen (secondary N) is 1. The van der Waals surface area contributed by atoms with E-state index in [1.807, 2.05) is 0 Å². The van der Waals surface area contributed by atoms with E-state index < -0.39 is 6.10 Å². The summed E-state index contributed by atoms with van der Waals surface area (Å²) in [5.41, 5.74) is 0.738. The van der Waals surface area contributed by atoms with Crippen LogP contribution in [0.15, 0.2) is 24.3 Å². The smallest absolute Gasteiger partial charge is 0.221 e. The molecule has 2 rings (SSSR count). The quantitative estimate of drug-likeness (QED) is 0.846. The molecule has 1 heterocycles. The normalized spacial score (nSPS) is 20.4. The number of amides is 1. The molecule has 0 aromatic heterocycles. The van der Waals surface area contributed by atoms with Gasteiger partial charge in [-0.3, -0.25) is 9.69 Å². The van der Waals surface area contributed by atoms with Crippen LogP contribution in [-0.4, -0.2) is 47.8 Å². The second-order valence-electron chi connectivity index (χ2n) is 6.01. The van der Waals surface area contributed by atoms with Crippen LogP contribution in [0.2, 0.25) is 0 Å². The molecule has 0 saturated carbocycles. The van der Waals surface area contributed by atoms with E-state index in [1.165, 1.54) is 26.2 Å². The maximum Gasteiger partial charge on any atom is 0.221 e. The minimum absolute atomic E-state index is 0.0975. The first-order valence-corrected chi connectivity index (χ1v) is 7.97. The number of hydrogen-bond donors (Lipinski definition) is 2. The van der Waals surface area contributed by atoms with Gasteiger partial charge >= 0.3 is 0 Å². The molecular formula is C17H26N2O3. The van der Waals surface area contributed by atoms with E-state index in [0.717, 1.165) is 12.2 Å². The second-order valence-corrected chi connectivity index (χ2v) is 6.01. The maximum absolute atomic E-state index is 10.9. The molecule has 1 aliphatic rings. The minimum Gasteiger partial charge on any atom is -0.491 e. The number of carbonyl (C=O) groups is 1. The summed E-state index contributed by atoms with van der Waals surface area (Å²) in [7, 11) is 0. The summed E-state index contributed by atoms with van der Waals surface area (Å²) in [6, 6.07) is 7.70. The highest BCUT2D eigenvalue weighted by molar-refractivity contribution is 5.88. The fraction of sp³-hybridized carbons (Fsp3) is 0.588. The maximum atomic E-state index is 10.9. The fourth-order valence-corrected chi connectivity index (χ4v) is 2.78. The first kappa shape index (κ1) is 16.8. The number of ether oxygens (including phenoxy) is 1. The van der Waals surface area contributed by atoms with Crippen LogP contribution >= 0.6 is 0 Å². The molecule has 0 spiro atoms. The van der Waals surface area contributed by atoms with Gasteiger partial charge in [-0.05, 0) is 50.6 Å². The molecule has 1 fully saturated rings. The van der Waals surface area contributed by atoms with Gasteiger partial charge in [-0.25, -0.2) is 0 Å². The van der Waals surface area contributed by atoms with Gasteiger partial charge in [0.05, 0.1) is 0 Å². The van der Waals surface area contributed by atoms with E-state index >= 15 is 0 Å². The van der Waals surface area contributed by atoms with E-state index in [-0.39, 0.29) is 12.5 Å². The van der Waals surface area contributed by atoms with Crippen molar-refractivity contribution in [3.8, 4) is 5.75 Å². The summed E-state index contributed by atoms with van der Waals surface area (Å²) >= 11 is 0. The van der Waals surface area contributed by atoms with Crippen molar-refractivity contribution in [2.45, 2.75) is 45.3 Å². The van der Waals surface area contributed by atoms with Crippen LogP contribution in [0.5, 0.6) is 5.75 Å². The Hall–Kier alpha value is -1.59. The van der Waals surface area contributed by atoms with Crippen molar-refractivity contribution in [3.05, 3.63) is 24.3 Å². The highest BCUT2D eigenvalue weighted by atomic mass is 16.5. The van der Waals surface area contributed by atoms with Crippen molar-refractivity contribution in [1.82, 2.24) is 4.90 Å². The summed E-state index contributed by atoms with van der Waals surface area (Å²) < 4.78 is 5.62. The zero-order valence-corrected chi connectivity index (χ0v) is 13.4. The summed E-state index contributed by atoms with van der Waals surface area (Å²) in [5, 5.41) is 12.8. The number of aliphatic hydroxyl groups is 1. The molecule has 122 valence electrons. The van der Waals surface area contributed by atoms with Crippen molar-refractivity contribution in [1.29, 1.82) is 0 Å². The van der Waals surface area contributed by atoms with Crippen LogP contribution in [0, 0.1) is 0 Å². The number of benzene rings is 1. The first-order chi connectivity index (χ1) is 10.5. The Kier molecular flexibility index (Phi) is 6.21. The molecule has 5 nitrogen and oxygen atoms in total. The van der Waals surface area contributed by atoms with E-state index in [9.17, 15) is 9.90 Å². The number of piperidine rings is 1. The van der Waals surface area contributed by atoms with Crippen molar-refractivity contribution in [2.24, 2.45) is 0 Å². The van der Waals surface area contributed by atoms with Crippen LogP contribution in [0.3, 0.4) is 0 Å². The number of likely N-dealkylation sites (tertiary alicyclic amines) is 1. The van der Waals surface area contributed by atoms with Gasteiger partial charge < -0.3 is 15.2 Å². The molecule has 1 saturated heterocycles. The van der Waals surface area contributed by atoms with Crippen molar-refractivity contribution >= 4 is 11.6 Å². The third kappa shape index (κ3) is 5.31. The van der Waals surface area contributed by atoms with E-state index in [0.29, 0.717) is 18.3 Å². The number of carbonyl (C=O) groups excluding carboxylic acids is 1. The third-order valence-electron chi connectivity index (χ3n) is 4.00. The van der Waals surface area contributed by atoms with Gasteiger partial charge in [0.2, 0.25) is 5.91 Å². The zero-order chi connectivity index (χ0) is 15.9. The van der Waals surface area contributed by atoms with Gasteiger partial charge in [0.1, 0.15) is 18.5 Å². The molecule has 0 bridgehead atoms. The highest BCUT2D eigenvalue weighted by Gasteiger charge is 2.20. The second kappa shape index (κ2) is 8.15. The van der Waals surface area contributed by atoms with Crippen LogP contribution in [0.25, 0.3) is 0 Å². The lowest BCUT2D eigenvalue weighted by Crippen LogP contribution is -2.43. The Bertz CT molecular complexity index is 475. The van der Waals surface area contributed by atoms with Crippen molar-refractivity contribution in [2.75, 3.05) is 25.0 Å². The van der Waals surface area contributed by atoms with Gasteiger partial charge in [0.15, 0.2) is 0 Å². The predicted octanol–water partition coefficient (Wildman–Crippen LogP) is 2.26. The third-order valence-corrected chi connectivity index (χ3v) is 4.00. The first-order valence-electron chi connectivity index (χ1n) is 7.97. The summed E-state index contributed by atoms with van der Waals surface area (Å²) in [6.45, 7) is 5.69. The largest absolute Gasteiger partial charge is 0.491 e. The average Bonchev–Trinajstić information content (AvgIpc) is 2.48. The Morgan fingerprint density at radius 2 is 2.14 bits per heavy atom. The molecule has 5 heteroatoms. The molecular weight excluding hydrogens is 280 g/mol. The molecule has 1 amide bonds. The van der Waals surface area contributed by atoms with Crippen LogP contribution < -0.4 is 10.1 Å². The molecule has 1 aliphatic heterocycles. The lowest BCUT2D eigenvalue weighted by molar-refractivity contribution is -0.114. The average molecular weight is 306 g/mol. The molecule has 0 radical (unpaired) electrons. The molecule has 2 N–H and O–H groups in total. The summed E-state index contributed by atoms with van der Waals surface area (Å²) in [6.07, 6.45) is 3.21. The molecule has 1 aromatic rings. The van der Waals surface area contributed by atoms with E-state index in [2.05, 4.69) is 17.1 Å². The minimum atomic E-state index is -0.490. The van der Waals surface area contributed by atoms with E-state index in [1.54, 1.807) is 24.3 Å². The standard InChI is InChI=1S/C17H26N2O3/c1-13-5-3-4-10-19(13)11-16(21)12-22-17-8-6-15(7-9-17)18-14(2)20/h6-9,13,16,21H,3-5,10-12H2,1-2H3,(H,18,20)/t13-,16+/m0/s1.